The largest absolute Gasteiger partial charge is 0.479 e. The second-order valence-corrected chi connectivity index (χ2v) is 6.15. The van der Waals surface area contributed by atoms with Gasteiger partial charge in [0, 0.05) is 25.8 Å². The lowest BCUT2D eigenvalue weighted by atomic mass is 10.2. The van der Waals surface area contributed by atoms with Crippen LogP contribution in [0.25, 0.3) is 0 Å². The SMILES string of the molecule is Cc1ccc(Cl)c(OC(C)C(=O)NCCN(C)c2ccccc2)c1. The fraction of sp³-hybridized carbons (Fsp3) is 0.316. The van der Waals surface area contributed by atoms with Crippen molar-refractivity contribution in [3.05, 3.63) is 59.1 Å². The average molecular weight is 347 g/mol. The van der Waals surface area contributed by atoms with Crippen molar-refractivity contribution < 1.29 is 9.53 Å². The van der Waals surface area contributed by atoms with Gasteiger partial charge < -0.3 is 15.0 Å². The third-order valence-electron chi connectivity index (χ3n) is 3.70. The molecule has 1 amide bonds. The summed E-state index contributed by atoms with van der Waals surface area (Å²) in [4.78, 5) is 14.3. The molecule has 1 atom stereocenters. The van der Waals surface area contributed by atoms with Gasteiger partial charge >= 0.3 is 0 Å². The van der Waals surface area contributed by atoms with Gasteiger partial charge in [-0.1, -0.05) is 35.9 Å². The fourth-order valence-electron chi connectivity index (χ4n) is 2.25. The molecule has 0 radical (unpaired) electrons. The number of anilines is 1. The summed E-state index contributed by atoms with van der Waals surface area (Å²) in [5.41, 5.74) is 2.15. The molecule has 5 heteroatoms. The highest BCUT2D eigenvalue weighted by molar-refractivity contribution is 6.32. The third kappa shape index (κ3) is 5.17. The molecule has 4 nitrogen and oxygen atoms in total. The second-order valence-electron chi connectivity index (χ2n) is 5.74. The minimum absolute atomic E-state index is 0.158. The molecule has 0 aliphatic rings. The van der Waals surface area contributed by atoms with Crippen LogP contribution in [-0.2, 0) is 4.79 Å². The van der Waals surface area contributed by atoms with Crippen LogP contribution in [0.3, 0.4) is 0 Å². The van der Waals surface area contributed by atoms with Crippen molar-refractivity contribution in [2.45, 2.75) is 20.0 Å². The molecule has 1 N–H and O–H groups in total. The smallest absolute Gasteiger partial charge is 0.260 e. The lowest BCUT2D eigenvalue weighted by molar-refractivity contribution is -0.127. The zero-order chi connectivity index (χ0) is 17.5. The van der Waals surface area contributed by atoms with E-state index in [9.17, 15) is 4.79 Å². The molecule has 0 aliphatic carbocycles. The highest BCUT2D eigenvalue weighted by Gasteiger charge is 2.16. The van der Waals surface area contributed by atoms with Gasteiger partial charge in [0.2, 0.25) is 0 Å². The number of benzene rings is 2. The summed E-state index contributed by atoms with van der Waals surface area (Å²) in [6, 6.07) is 15.5. The van der Waals surface area contributed by atoms with E-state index in [-0.39, 0.29) is 5.91 Å². The molecule has 0 saturated carbocycles. The second kappa shape index (κ2) is 8.60. The van der Waals surface area contributed by atoms with E-state index in [2.05, 4.69) is 10.2 Å². The molecule has 0 aromatic heterocycles. The summed E-state index contributed by atoms with van der Waals surface area (Å²) in [6.07, 6.45) is -0.605. The molecule has 24 heavy (non-hydrogen) atoms. The van der Waals surface area contributed by atoms with Gasteiger partial charge in [-0.05, 0) is 43.7 Å². The summed E-state index contributed by atoms with van der Waals surface area (Å²) in [7, 11) is 1.99. The van der Waals surface area contributed by atoms with Crippen LogP contribution in [0.1, 0.15) is 12.5 Å². The van der Waals surface area contributed by atoms with Gasteiger partial charge in [0.05, 0.1) is 5.02 Å². The number of carbonyl (C=O) groups is 1. The van der Waals surface area contributed by atoms with Crippen LogP contribution in [0.5, 0.6) is 5.75 Å². The molecule has 128 valence electrons. The first-order valence-corrected chi connectivity index (χ1v) is 8.32. The minimum Gasteiger partial charge on any atom is -0.479 e. The fourth-order valence-corrected chi connectivity index (χ4v) is 2.41. The maximum absolute atomic E-state index is 12.2. The number of aryl methyl sites for hydroxylation is 1. The van der Waals surface area contributed by atoms with E-state index < -0.39 is 6.10 Å². The summed E-state index contributed by atoms with van der Waals surface area (Å²) in [5.74, 6) is 0.370. The van der Waals surface area contributed by atoms with Crippen molar-refractivity contribution in [2.24, 2.45) is 0 Å². The molecule has 0 aliphatic heterocycles. The number of ether oxygens (including phenoxy) is 1. The summed E-state index contributed by atoms with van der Waals surface area (Å²) in [6.45, 7) is 4.93. The van der Waals surface area contributed by atoms with Crippen LogP contribution in [0.4, 0.5) is 5.69 Å². The number of nitrogens with one attached hydrogen (secondary N) is 1. The maximum atomic E-state index is 12.2. The van der Waals surface area contributed by atoms with Crippen molar-refractivity contribution in [3.8, 4) is 5.75 Å². The first kappa shape index (κ1) is 18.1. The highest BCUT2D eigenvalue weighted by Crippen LogP contribution is 2.26. The Kier molecular flexibility index (Phi) is 6.50. The van der Waals surface area contributed by atoms with E-state index in [1.807, 2.05) is 56.4 Å². The molecule has 1 unspecified atom stereocenters. The van der Waals surface area contributed by atoms with Crippen molar-refractivity contribution in [1.29, 1.82) is 0 Å². The number of halogens is 1. The summed E-state index contributed by atoms with van der Waals surface area (Å²) >= 11 is 6.10. The van der Waals surface area contributed by atoms with Gasteiger partial charge in [0.15, 0.2) is 6.10 Å². The van der Waals surface area contributed by atoms with Crippen LogP contribution in [0.15, 0.2) is 48.5 Å². The monoisotopic (exact) mass is 346 g/mol. The van der Waals surface area contributed by atoms with Crippen molar-refractivity contribution in [3.63, 3.8) is 0 Å². The molecule has 0 saturated heterocycles. The highest BCUT2D eigenvalue weighted by atomic mass is 35.5. The van der Waals surface area contributed by atoms with Crippen LogP contribution in [-0.4, -0.2) is 32.1 Å². The average Bonchev–Trinajstić information content (AvgIpc) is 2.58. The van der Waals surface area contributed by atoms with E-state index in [1.165, 1.54) is 0 Å². The van der Waals surface area contributed by atoms with Crippen molar-refractivity contribution >= 4 is 23.2 Å². The number of nitrogens with zero attached hydrogens (tertiary/aromatic N) is 1. The Morgan fingerprint density at radius 2 is 1.96 bits per heavy atom. The lowest BCUT2D eigenvalue weighted by Crippen LogP contribution is -2.40. The van der Waals surface area contributed by atoms with Gasteiger partial charge in [-0.25, -0.2) is 0 Å². The van der Waals surface area contributed by atoms with Crippen molar-refractivity contribution in [2.75, 3.05) is 25.0 Å². The number of likely N-dealkylation sites (N-methyl/N-ethyl adjacent to an activating group) is 1. The Hall–Kier alpha value is -2.20. The van der Waals surface area contributed by atoms with Crippen molar-refractivity contribution in [1.82, 2.24) is 5.32 Å². The zero-order valence-corrected chi connectivity index (χ0v) is 15.0. The number of carbonyl (C=O) groups excluding carboxylic acids is 1. The van der Waals surface area contributed by atoms with E-state index in [0.717, 1.165) is 11.3 Å². The van der Waals surface area contributed by atoms with Crippen LogP contribution >= 0.6 is 11.6 Å². The lowest BCUT2D eigenvalue weighted by Gasteiger charge is -2.20. The Bertz CT molecular complexity index is 676. The Balaban J connectivity index is 1.80. The third-order valence-corrected chi connectivity index (χ3v) is 4.02. The molecule has 2 rings (SSSR count). The number of hydrogen-bond donors (Lipinski definition) is 1. The van der Waals surface area contributed by atoms with Crippen LogP contribution in [0, 0.1) is 6.92 Å². The van der Waals surface area contributed by atoms with Gasteiger partial charge in [-0.3, -0.25) is 4.79 Å². The summed E-state index contributed by atoms with van der Waals surface area (Å²) < 4.78 is 5.67. The number of rotatable bonds is 7. The van der Waals surface area contributed by atoms with E-state index in [1.54, 1.807) is 13.0 Å². The molecule has 2 aromatic carbocycles. The van der Waals surface area contributed by atoms with Gasteiger partial charge in [-0.15, -0.1) is 0 Å². The Morgan fingerprint density at radius 3 is 2.67 bits per heavy atom. The number of para-hydroxylation sites is 1. The zero-order valence-electron chi connectivity index (χ0n) is 14.3. The molecule has 0 heterocycles. The quantitative estimate of drug-likeness (QED) is 0.831. The normalized spacial score (nSPS) is 11.7. The molecule has 0 bridgehead atoms. The first-order valence-electron chi connectivity index (χ1n) is 7.94. The number of hydrogen-bond acceptors (Lipinski definition) is 3. The van der Waals surface area contributed by atoms with Gasteiger partial charge in [0.25, 0.3) is 5.91 Å². The molecular weight excluding hydrogens is 324 g/mol. The minimum atomic E-state index is -0.605. The van der Waals surface area contributed by atoms with Gasteiger partial charge in [-0.2, -0.15) is 0 Å². The topological polar surface area (TPSA) is 41.6 Å². The summed E-state index contributed by atoms with van der Waals surface area (Å²) in [5, 5.41) is 3.39. The van der Waals surface area contributed by atoms with E-state index in [0.29, 0.717) is 23.9 Å². The molecule has 2 aromatic rings. The molecule has 0 fully saturated rings. The predicted molar refractivity (Wildman–Crippen MR) is 99.0 cm³/mol. The molecule has 0 spiro atoms. The van der Waals surface area contributed by atoms with Gasteiger partial charge in [0.1, 0.15) is 5.75 Å². The molecular formula is C19H23ClN2O2. The van der Waals surface area contributed by atoms with Crippen LogP contribution in [0.2, 0.25) is 5.02 Å². The Labute approximate surface area is 148 Å². The van der Waals surface area contributed by atoms with E-state index in [4.69, 9.17) is 16.3 Å². The standard InChI is InChI=1S/C19H23ClN2O2/c1-14-9-10-17(20)18(13-14)24-15(2)19(23)21-11-12-22(3)16-7-5-4-6-8-16/h4-10,13,15H,11-12H2,1-3H3,(H,21,23). The van der Waals surface area contributed by atoms with Crippen LogP contribution < -0.4 is 15.0 Å². The predicted octanol–water partition coefficient (Wildman–Crippen LogP) is 3.67. The number of amides is 1. The Morgan fingerprint density at radius 1 is 1.25 bits per heavy atom. The first-order chi connectivity index (χ1) is 11.5. The van der Waals surface area contributed by atoms with E-state index >= 15 is 0 Å². The maximum Gasteiger partial charge on any atom is 0.260 e.